The van der Waals surface area contributed by atoms with Crippen LogP contribution < -0.4 is 4.74 Å². The van der Waals surface area contributed by atoms with Crippen LogP contribution in [0, 0.1) is 0 Å². The van der Waals surface area contributed by atoms with Gasteiger partial charge in [0.1, 0.15) is 11.8 Å². The van der Waals surface area contributed by atoms with Crippen LogP contribution >= 0.6 is 0 Å². The maximum Gasteiger partial charge on any atom is 0.246 e. The quantitative estimate of drug-likeness (QED) is 0.749. The number of amides is 2. The molecule has 6 nitrogen and oxygen atoms in total. The number of ether oxygens (including phenoxy) is 1. The fraction of sp³-hybridized carbons (Fsp3) is 0.304. The third kappa shape index (κ3) is 2.63. The van der Waals surface area contributed by atoms with Crippen molar-refractivity contribution in [3.63, 3.8) is 0 Å². The molecule has 0 unspecified atom stereocenters. The van der Waals surface area contributed by atoms with E-state index in [4.69, 9.17) is 4.74 Å². The van der Waals surface area contributed by atoms with Crippen molar-refractivity contribution >= 4 is 22.7 Å². The second-order valence-corrected chi connectivity index (χ2v) is 7.61. The second-order valence-electron chi connectivity index (χ2n) is 7.61. The molecule has 148 valence electrons. The van der Waals surface area contributed by atoms with Gasteiger partial charge in [-0.3, -0.25) is 9.59 Å². The molecule has 5 rings (SSSR count). The number of rotatable bonds is 3. The molecule has 6 heteroatoms. The fourth-order valence-electron chi connectivity index (χ4n) is 4.72. The molecule has 1 N–H and O–H groups in total. The first kappa shape index (κ1) is 17.8. The fourth-order valence-corrected chi connectivity index (χ4v) is 4.72. The lowest BCUT2D eigenvalue weighted by molar-refractivity contribution is -0.158. The van der Waals surface area contributed by atoms with E-state index in [1.165, 1.54) is 0 Å². The summed E-state index contributed by atoms with van der Waals surface area (Å²) in [6, 6.07) is 15.1. The maximum atomic E-state index is 13.2. The number of likely N-dealkylation sites (N-methyl/N-ethyl adjacent to an activating group) is 1. The molecule has 0 bridgehead atoms. The highest BCUT2D eigenvalue weighted by atomic mass is 16.5. The van der Waals surface area contributed by atoms with Gasteiger partial charge in [-0.15, -0.1) is 0 Å². The van der Waals surface area contributed by atoms with Gasteiger partial charge in [0.15, 0.2) is 0 Å². The molecule has 0 spiro atoms. The van der Waals surface area contributed by atoms with Crippen LogP contribution in [-0.4, -0.2) is 52.8 Å². The highest BCUT2D eigenvalue weighted by molar-refractivity contribution is 5.97. The van der Waals surface area contributed by atoms with Crippen LogP contribution in [-0.2, 0) is 16.0 Å². The van der Waals surface area contributed by atoms with Gasteiger partial charge in [0.25, 0.3) is 0 Å². The van der Waals surface area contributed by atoms with Gasteiger partial charge in [0, 0.05) is 29.6 Å². The third-order valence-corrected chi connectivity index (χ3v) is 6.16. The molecule has 2 amide bonds. The summed E-state index contributed by atoms with van der Waals surface area (Å²) < 4.78 is 5.30. The van der Waals surface area contributed by atoms with Crippen molar-refractivity contribution in [2.75, 3.05) is 20.2 Å². The summed E-state index contributed by atoms with van der Waals surface area (Å²) in [7, 11) is 1.63. The normalized spacial score (nSPS) is 21.3. The number of methoxy groups -OCH3 is 1. The number of carbonyl (C=O) groups is 2. The van der Waals surface area contributed by atoms with E-state index < -0.39 is 6.04 Å². The molecule has 1 aromatic heterocycles. The standard InChI is InChI=1S/C23H23N3O3/c1-3-25-13-20(27)26-19(23(25)28)12-17-16-6-4-5-7-18(16)24-21(17)22(26)14-8-10-15(29-2)11-9-14/h4-11,19,22,24H,3,12-13H2,1-2H3/t19-,22-/m0/s1. The van der Waals surface area contributed by atoms with Gasteiger partial charge in [-0.1, -0.05) is 30.3 Å². The van der Waals surface area contributed by atoms with Crippen molar-refractivity contribution < 1.29 is 14.3 Å². The molecule has 2 aromatic carbocycles. The predicted octanol–water partition coefficient (Wildman–Crippen LogP) is 2.88. The van der Waals surface area contributed by atoms with Crippen molar-refractivity contribution in [2.24, 2.45) is 0 Å². The van der Waals surface area contributed by atoms with Crippen LogP contribution in [0.2, 0.25) is 0 Å². The van der Waals surface area contributed by atoms with Crippen LogP contribution in [0.4, 0.5) is 0 Å². The SMILES string of the molecule is CCN1CC(=O)N2[C@@H](c3ccc(OC)cc3)c3[nH]c4ccccc4c3C[C@H]2C1=O. The minimum Gasteiger partial charge on any atom is -0.497 e. The van der Waals surface area contributed by atoms with Gasteiger partial charge in [0.05, 0.1) is 19.7 Å². The summed E-state index contributed by atoms with van der Waals surface area (Å²) in [5.74, 6) is 0.777. The van der Waals surface area contributed by atoms with E-state index in [0.29, 0.717) is 13.0 Å². The number of fused-ring (bicyclic) bond motifs is 4. The van der Waals surface area contributed by atoms with Crippen molar-refractivity contribution in [1.82, 2.24) is 14.8 Å². The van der Waals surface area contributed by atoms with Crippen molar-refractivity contribution in [1.29, 1.82) is 0 Å². The first-order valence-electron chi connectivity index (χ1n) is 9.95. The summed E-state index contributed by atoms with van der Waals surface area (Å²) in [5.41, 5.74) is 4.12. The number of nitrogens with one attached hydrogen (secondary N) is 1. The second kappa shape index (κ2) is 6.65. The number of piperazine rings is 1. The van der Waals surface area contributed by atoms with E-state index >= 15 is 0 Å². The summed E-state index contributed by atoms with van der Waals surface area (Å²) in [4.78, 5) is 33.3. The molecular formula is C23H23N3O3. The van der Waals surface area contributed by atoms with E-state index in [-0.39, 0.29) is 24.4 Å². The number of H-pyrrole nitrogens is 1. The molecule has 2 aliphatic rings. The molecule has 1 fully saturated rings. The third-order valence-electron chi connectivity index (χ3n) is 6.16. The Morgan fingerprint density at radius 1 is 1.10 bits per heavy atom. The van der Waals surface area contributed by atoms with Gasteiger partial charge in [-0.05, 0) is 36.2 Å². The highest BCUT2D eigenvalue weighted by Crippen LogP contribution is 2.42. The Morgan fingerprint density at radius 3 is 2.59 bits per heavy atom. The van der Waals surface area contributed by atoms with E-state index in [1.54, 1.807) is 16.9 Å². The van der Waals surface area contributed by atoms with Gasteiger partial charge in [0.2, 0.25) is 11.8 Å². The smallest absolute Gasteiger partial charge is 0.246 e. The van der Waals surface area contributed by atoms with Gasteiger partial charge < -0.3 is 19.5 Å². The lowest BCUT2D eigenvalue weighted by atomic mass is 9.86. The van der Waals surface area contributed by atoms with Crippen molar-refractivity contribution in [3.8, 4) is 5.75 Å². The number of carbonyl (C=O) groups excluding carboxylic acids is 2. The first-order chi connectivity index (χ1) is 14.1. The Morgan fingerprint density at radius 2 is 1.86 bits per heavy atom. The number of aromatic nitrogens is 1. The first-order valence-corrected chi connectivity index (χ1v) is 9.95. The molecule has 0 radical (unpaired) electrons. The molecule has 29 heavy (non-hydrogen) atoms. The molecule has 3 aromatic rings. The summed E-state index contributed by atoms with van der Waals surface area (Å²) >= 11 is 0. The Kier molecular flexibility index (Phi) is 4.08. The Bertz CT molecular complexity index is 1100. The maximum absolute atomic E-state index is 13.2. The van der Waals surface area contributed by atoms with Crippen LogP contribution in [0.3, 0.4) is 0 Å². The van der Waals surface area contributed by atoms with Gasteiger partial charge in [-0.2, -0.15) is 0 Å². The van der Waals surface area contributed by atoms with E-state index in [1.807, 2.05) is 49.4 Å². The molecular weight excluding hydrogens is 366 g/mol. The Hall–Kier alpha value is -3.28. The number of hydrogen-bond acceptors (Lipinski definition) is 3. The van der Waals surface area contributed by atoms with Crippen LogP contribution in [0.1, 0.15) is 29.8 Å². The summed E-state index contributed by atoms with van der Waals surface area (Å²) in [6.07, 6.45) is 0.535. The number of hydrogen-bond donors (Lipinski definition) is 1. The molecule has 3 heterocycles. The zero-order valence-corrected chi connectivity index (χ0v) is 16.5. The van der Waals surface area contributed by atoms with E-state index in [9.17, 15) is 9.59 Å². The Labute approximate surface area is 169 Å². The molecule has 1 saturated heterocycles. The average Bonchev–Trinajstić information content (AvgIpc) is 3.13. The molecule has 0 aliphatic carbocycles. The monoisotopic (exact) mass is 389 g/mol. The predicted molar refractivity (Wildman–Crippen MR) is 110 cm³/mol. The molecule has 0 saturated carbocycles. The average molecular weight is 389 g/mol. The van der Waals surface area contributed by atoms with Gasteiger partial charge >= 0.3 is 0 Å². The largest absolute Gasteiger partial charge is 0.497 e. The Balaban J connectivity index is 1.71. The van der Waals surface area contributed by atoms with Crippen LogP contribution in [0.15, 0.2) is 48.5 Å². The number of nitrogens with zero attached hydrogens (tertiary/aromatic N) is 2. The molecule has 2 atom stereocenters. The van der Waals surface area contributed by atoms with E-state index in [0.717, 1.165) is 33.5 Å². The van der Waals surface area contributed by atoms with Gasteiger partial charge in [-0.25, -0.2) is 0 Å². The zero-order chi connectivity index (χ0) is 20.1. The van der Waals surface area contributed by atoms with Crippen molar-refractivity contribution in [3.05, 3.63) is 65.4 Å². The lowest BCUT2D eigenvalue weighted by Crippen LogP contribution is -2.62. The topological polar surface area (TPSA) is 65.6 Å². The lowest BCUT2D eigenvalue weighted by Gasteiger charge is -2.47. The number of benzene rings is 2. The zero-order valence-electron chi connectivity index (χ0n) is 16.5. The minimum absolute atomic E-state index is 0.0124. The number of para-hydroxylation sites is 1. The number of aromatic amines is 1. The van der Waals surface area contributed by atoms with Crippen molar-refractivity contribution in [2.45, 2.75) is 25.4 Å². The van der Waals surface area contributed by atoms with Crippen LogP contribution in [0.25, 0.3) is 10.9 Å². The van der Waals surface area contributed by atoms with Crippen LogP contribution in [0.5, 0.6) is 5.75 Å². The van der Waals surface area contributed by atoms with E-state index in [2.05, 4.69) is 11.1 Å². The minimum atomic E-state index is -0.477. The summed E-state index contributed by atoms with van der Waals surface area (Å²) in [6.45, 7) is 2.60. The molecule has 2 aliphatic heterocycles. The summed E-state index contributed by atoms with van der Waals surface area (Å²) in [5, 5.41) is 1.12. The highest BCUT2D eigenvalue weighted by Gasteiger charge is 2.47.